The van der Waals surface area contributed by atoms with Crippen LogP contribution in [0.15, 0.2) is 54.6 Å². The molecule has 0 spiro atoms. The van der Waals surface area contributed by atoms with Crippen molar-refractivity contribution in [2.75, 3.05) is 27.3 Å². The number of aromatic hydroxyl groups is 3. The first-order chi connectivity index (χ1) is 19.2. The predicted octanol–water partition coefficient (Wildman–Crippen LogP) is 2.76. The molecule has 0 aliphatic carbocycles. The van der Waals surface area contributed by atoms with Gasteiger partial charge in [0.05, 0.1) is 25.8 Å². The van der Waals surface area contributed by atoms with Gasteiger partial charge in [-0.15, -0.1) is 0 Å². The summed E-state index contributed by atoms with van der Waals surface area (Å²) in [6.07, 6.45) is 0.405. The molecule has 1 amide bonds. The fourth-order valence-electron chi connectivity index (χ4n) is 4.54. The zero-order valence-electron chi connectivity index (χ0n) is 22.0. The lowest BCUT2D eigenvalue weighted by molar-refractivity contribution is 0.0191. The van der Waals surface area contributed by atoms with Crippen LogP contribution >= 0.6 is 0 Å². The molecule has 4 rings (SSSR count). The van der Waals surface area contributed by atoms with Crippen molar-refractivity contribution in [1.29, 1.82) is 0 Å². The van der Waals surface area contributed by atoms with Crippen LogP contribution in [0.1, 0.15) is 49.5 Å². The molecule has 0 saturated carbocycles. The Labute approximate surface area is 230 Å². The Morgan fingerprint density at radius 3 is 2.10 bits per heavy atom. The SMILES string of the molecule is COc1cccc(OC)c1C(=O)c1c(O)cc(C(=O)O[C@@H]2CCCNCC2NC(=O)c2ccc(O)cc2)cc1O. The maximum Gasteiger partial charge on any atom is 0.338 e. The highest BCUT2D eigenvalue weighted by Crippen LogP contribution is 2.37. The van der Waals surface area contributed by atoms with Crippen LogP contribution in [-0.2, 0) is 4.74 Å². The molecule has 0 radical (unpaired) electrons. The molecule has 1 fully saturated rings. The molecule has 0 bridgehead atoms. The fourth-order valence-corrected chi connectivity index (χ4v) is 4.54. The number of rotatable bonds is 8. The van der Waals surface area contributed by atoms with Gasteiger partial charge in [-0.05, 0) is 67.9 Å². The number of ketones is 1. The van der Waals surface area contributed by atoms with E-state index in [0.29, 0.717) is 31.5 Å². The number of hydrogen-bond acceptors (Lipinski definition) is 10. The van der Waals surface area contributed by atoms with E-state index in [-0.39, 0.29) is 28.4 Å². The quantitative estimate of drug-likeness (QED) is 0.208. The van der Waals surface area contributed by atoms with E-state index in [1.807, 2.05) is 0 Å². The summed E-state index contributed by atoms with van der Waals surface area (Å²) in [5.41, 5.74) is -0.295. The third-order valence-corrected chi connectivity index (χ3v) is 6.57. The highest BCUT2D eigenvalue weighted by Gasteiger charge is 2.31. The van der Waals surface area contributed by atoms with E-state index < -0.39 is 46.9 Å². The molecular weight excluding hydrogens is 520 g/mol. The molecule has 0 aromatic heterocycles. The van der Waals surface area contributed by atoms with Gasteiger partial charge in [-0.2, -0.15) is 0 Å². The predicted molar refractivity (Wildman–Crippen MR) is 143 cm³/mol. The summed E-state index contributed by atoms with van der Waals surface area (Å²) in [5, 5.41) is 36.9. The first-order valence-corrected chi connectivity index (χ1v) is 12.6. The van der Waals surface area contributed by atoms with Gasteiger partial charge in [-0.3, -0.25) is 9.59 Å². The number of benzene rings is 3. The molecule has 1 aliphatic rings. The van der Waals surface area contributed by atoms with Crippen molar-refractivity contribution < 1.29 is 43.9 Å². The number of phenolic OH excluding ortho intramolecular Hbond substituents is 3. The summed E-state index contributed by atoms with van der Waals surface area (Å²) in [5.74, 6) is -2.91. The molecule has 1 aliphatic heterocycles. The molecule has 2 atom stereocenters. The Morgan fingerprint density at radius 2 is 1.50 bits per heavy atom. The lowest BCUT2D eigenvalue weighted by Crippen LogP contribution is -2.49. The summed E-state index contributed by atoms with van der Waals surface area (Å²) in [6.45, 7) is 0.997. The second kappa shape index (κ2) is 12.4. The molecular formula is C29H30N2O9. The smallest absolute Gasteiger partial charge is 0.338 e. The summed E-state index contributed by atoms with van der Waals surface area (Å²) >= 11 is 0. The topological polar surface area (TPSA) is 164 Å². The average molecular weight is 551 g/mol. The van der Waals surface area contributed by atoms with Gasteiger partial charge in [0.25, 0.3) is 5.91 Å². The van der Waals surface area contributed by atoms with E-state index >= 15 is 0 Å². The van der Waals surface area contributed by atoms with E-state index in [1.54, 1.807) is 6.07 Å². The standard InChI is InChI=1S/C29H30N2O9/c1-38-23-5-3-6-24(39-2)26(23)27(35)25-20(33)13-17(14-21(25)34)29(37)40-22-7-4-12-30-15-19(22)31-28(36)16-8-10-18(32)11-9-16/h3,5-6,8-11,13-14,19,22,30,32-34H,4,7,12,15H2,1-2H3,(H,31,36)/t19?,22-/m1/s1. The molecule has 11 heteroatoms. The minimum Gasteiger partial charge on any atom is -0.508 e. The number of carbonyl (C=O) groups is 3. The highest BCUT2D eigenvalue weighted by molar-refractivity contribution is 6.16. The van der Waals surface area contributed by atoms with Crippen molar-refractivity contribution in [2.24, 2.45) is 0 Å². The van der Waals surface area contributed by atoms with Gasteiger partial charge in [-0.1, -0.05) is 6.07 Å². The zero-order chi connectivity index (χ0) is 28.8. The number of methoxy groups -OCH3 is 2. The van der Waals surface area contributed by atoms with Crippen LogP contribution in [0.4, 0.5) is 0 Å². The van der Waals surface area contributed by atoms with Crippen molar-refractivity contribution in [2.45, 2.75) is 25.0 Å². The monoisotopic (exact) mass is 550 g/mol. The third kappa shape index (κ3) is 6.10. The lowest BCUT2D eigenvalue weighted by Gasteiger charge is -2.26. The molecule has 1 unspecified atom stereocenters. The summed E-state index contributed by atoms with van der Waals surface area (Å²) in [6, 6.07) is 11.9. The number of ether oxygens (including phenoxy) is 3. The molecule has 3 aromatic rings. The lowest BCUT2D eigenvalue weighted by atomic mass is 9.98. The average Bonchev–Trinajstić information content (AvgIpc) is 3.16. The largest absolute Gasteiger partial charge is 0.508 e. The molecule has 1 saturated heterocycles. The van der Waals surface area contributed by atoms with Crippen molar-refractivity contribution in [1.82, 2.24) is 10.6 Å². The van der Waals surface area contributed by atoms with Crippen molar-refractivity contribution in [3.05, 3.63) is 76.9 Å². The first-order valence-electron chi connectivity index (χ1n) is 12.6. The van der Waals surface area contributed by atoms with Gasteiger partial charge < -0.3 is 40.2 Å². The first kappa shape index (κ1) is 28.2. The molecule has 11 nitrogen and oxygen atoms in total. The number of nitrogens with one attached hydrogen (secondary N) is 2. The number of amides is 1. The molecule has 5 N–H and O–H groups in total. The van der Waals surface area contributed by atoms with Crippen molar-refractivity contribution in [3.63, 3.8) is 0 Å². The normalized spacial score (nSPS) is 16.9. The van der Waals surface area contributed by atoms with E-state index in [1.165, 1.54) is 50.6 Å². The van der Waals surface area contributed by atoms with Crippen molar-refractivity contribution >= 4 is 17.7 Å². The fraction of sp³-hybridized carbons (Fsp3) is 0.276. The molecule has 210 valence electrons. The van der Waals surface area contributed by atoms with Crippen LogP contribution < -0.4 is 20.1 Å². The Morgan fingerprint density at radius 1 is 0.875 bits per heavy atom. The summed E-state index contributed by atoms with van der Waals surface area (Å²) < 4.78 is 16.2. The van der Waals surface area contributed by atoms with Crippen molar-refractivity contribution in [3.8, 4) is 28.7 Å². The number of hydrogen-bond donors (Lipinski definition) is 5. The van der Waals surface area contributed by atoms with Crippen LogP contribution in [0.5, 0.6) is 28.7 Å². The van der Waals surface area contributed by atoms with Gasteiger partial charge in [0, 0.05) is 12.1 Å². The van der Waals surface area contributed by atoms with Crippen LogP contribution in [0, 0.1) is 0 Å². The second-order valence-electron chi connectivity index (χ2n) is 9.17. The van der Waals surface area contributed by atoms with Crippen LogP contribution in [-0.4, -0.2) is 72.4 Å². The summed E-state index contributed by atoms with van der Waals surface area (Å²) in [7, 11) is 2.74. The van der Waals surface area contributed by atoms with Gasteiger partial charge in [0.1, 0.15) is 46.0 Å². The zero-order valence-corrected chi connectivity index (χ0v) is 22.0. The Bertz CT molecular complexity index is 1360. The Kier molecular flexibility index (Phi) is 8.75. The number of esters is 1. The molecule has 1 heterocycles. The van der Waals surface area contributed by atoms with E-state index in [0.717, 1.165) is 12.1 Å². The minimum atomic E-state index is -0.852. The third-order valence-electron chi connectivity index (χ3n) is 6.57. The van der Waals surface area contributed by atoms with Crippen LogP contribution in [0.2, 0.25) is 0 Å². The number of carbonyl (C=O) groups excluding carboxylic acids is 3. The highest BCUT2D eigenvalue weighted by atomic mass is 16.5. The van der Waals surface area contributed by atoms with Gasteiger partial charge in [0.2, 0.25) is 5.78 Å². The summed E-state index contributed by atoms with van der Waals surface area (Å²) in [4.78, 5) is 39.2. The van der Waals surface area contributed by atoms with Gasteiger partial charge in [-0.25, -0.2) is 4.79 Å². The van der Waals surface area contributed by atoms with E-state index in [9.17, 15) is 29.7 Å². The maximum absolute atomic E-state index is 13.3. The minimum absolute atomic E-state index is 0.00778. The van der Waals surface area contributed by atoms with Crippen LogP contribution in [0.3, 0.4) is 0 Å². The van der Waals surface area contributed by atoms with E-state index in [2.05, 4.69) is 10.6 Å². The number of phenols is 3. The Balaban J connectivity index is 1.55. The molecule has 3 aromatic carbocycles. The van der Waals surface area contributed by atoms with Crippen LogP contribution in [0.25, 0.3) is 0 Å². The molecule has 40 heavy (non-hydrogen) atoms. The maximum atomic E-state index is 13.3. The van der Waals surface area contributed by atoms with Gasteiger partial charge in [0.15, 0.2) is 0 Å². The van der Waals surface area contributed by atoms with Gasteiger partial charge >= 0.3 is 5.97 Å². The van der Waals surface area contributed by atoms with E-state index in [4.69, 9.17) is 14.2 Å². The Hall–Kier alpha value is -4.77. The second-order valence-corrected chi connectivity index (χ2v) is 9.17.